The van der Waals surface area contributed by atoms with Crippen molar-refractivity contribution in [3.8, 4) is 6.07 Å². The Labute approximate surface area is 131 Å². The topological polar surface area (TPSA) is 61.2 Å². The van der Waals surface area contributed by atoms with Gasteiger partial charge in [0.1, 0.15) is 4.90 Å². The van der Waals surface area contributed by atoms with Gasteiger partial charge >= 0.3 is 0 Å². The molecule has 1 saturated carbocycles. The van der Waals surface area contributed by atoms with E-state index in [4.69, 9.17) is 16.9 Å². The Morgan fingerprint density at radius 2 is 1.86 bits per heavy atom. The highest BCUT2D eigenvalue weighted by molar-refractivity contribution is 7.89. The fourth-order valence-corrected chi connectivity index (χ4v) is 4.68. The van der Waals surface area contributed by atoms with Crippen molar-refractivity contribution in [1.29, 1.82) is 5.26 Å². The molecule has 4 nitrogen and oxygen atoms in total. The fraction of sp³-hybridized carbons (Fsp3) is 0.533. The summed E-state index contributed by atoms with van der Waals surface area (Å²) in [5.41, 5.74) is 0.357. The van der Waals surface area contributed by atoms with Gasteiger partial charge in [0.15, 0.2) is 0 Å². The first kappa shape index (κ1) is 16.3. The van der Waals surface area contributed by atoms with Gasteiger partial charge in [-0.25, -0.2) is 8.42 Å². The largest absolute Gasteiger partial charge is 0.244 e. The lowest BCUT2D eigenvalue weighted by Crippen LogP contribution is -2.36. The Balaban J connectivity index is 2.30. The highest BCUT2D eigenvalue weighted by Gasteiger charge is 2.30. The third-order valence-electron chi connectivity index (χ3n) is 4.06. The van der Waals surface area contributed by atoms with Gasteiger partial charge in [-0.05, 0) is 31.0 Å². The Kier molecular flexibility index (Phi) is 5.26. The van der Waals surface area contributed by atoms with E-state index in [1.54, 1.807) is 7.05 Å². The van der Waals surface area contributed by atoms with Crippen LogP contribution in [0.5, 0.6) is 0 Å². The second kappa shape index (κ2) is 6.78. The quantitative estimate of drug-likeness (QED) is 0.798. The standard InChI is InChI=1S/C15H19ClN2O2S/c1-18(13-6-4-2-3-5-7-13)21(19,20)15-9-8-12(11-17)10-14(15)16/h8-10,13H,2-7H2,1H3. The predicted octanol–water partition coefficient (Wildman–Crippen LogP) is 3.55. The minimum absolute atomic E-state index is 0.0317. The maximum absolute atomic E-state index is 12.7. The second-order valence-electron chi connectivity index (χ2n) is 5.42. The summed E-state index contributed by atoms with van der Waals surface area (Å²) < 4.78 is 26.9. The van der Waals surface area contributed by atoms with Crippen LogP contribution in [0.2, 0.25) is 5.02 Å². The molecule has 2 rings (SSSR count). The zero-order valence-electron chi connectivity index (χ0n) is 12.0. The summed E-state index contributed by atoms with van der Waals surface area (Å²) in [6.07, 6.45) is 6.24. The number of halogens is 1. The first-order valence-electron chi connectivity index (χ1n) is 7.14. The summed E-state index contributed by atoms with van der Waals surface area (Å²) in [5.74, 6) is 0. The van der Waals surface area contributed by atoms with Crippen LogP contribution in [-0.4, -0.2) is 25.8 Å². The van der Waals surface area contributed by atoms with Crippen LogP contribution in [0, 0.1) is 11.3 Å². The summed E-state index contributed by atoms with van der Waals surface area (Å²) in [7, 11) is -1.99. The van der Waals surface area contributed by atoms with E-state index in [0.717, 1.165) is 25.7 Å². The van der Waals surface area contributed by atoms with Crippen molar-refractivity contribution in [2.75, 3.05) is 7.05 Å². The van der Waals surface area contributed by atoms with Gasteiger partial charge in [-0.2, -0.15) is 9.57 Å². The molecule has 0 spiro atoms. The number of nitrogens with zero attached hydrogens (tertiary/aromatic N) is 2. The summed E-state index contributed by atoms with van der Waals surface area (Å²) >= 11 is 6.05. The van der Waals surface area contributed by atoms with Crippen LogP contribution in [0.4, 0.5) is 0 Å². The predicted molar refractivity (Wildman–Crippen MR) is 82.6 cm³/mol. The van der Waals surface area contributed by atoms with E-state index in [-0.39, 0.29) is 16.0 Å². The van der Waals surface area contributed by atoms with Gasteiger partial charge in [-0.1, -0.05) is 37.3 Å². The highest BCUT2D eigenvalue weighted by Crippen LogP contribution is 2.29. The molecule has 1 fully saturated rings. The van der Waals surface area contributed by atoms with E-state index in [1.807, 2.05) is 6.07 Å². The molecule has 0 atom stereocenters. The molecule has 0 amide bonds. The lowest BCUT2D eigenvalue weighted by molar-refractivity contribution is 0.336. The summed E-state index contributed by atoms with van der Waals surface area (Å²) in [6.45, 7) is 0. The van der Waals surface area contributed by atoms with Gasteiger partial charge in [0, 0.05) is 13.1 Å². The van der Waals surface area contributed by atoms with Crippen molar-refractivity contribution in [3.05, 3.63) is 28.8 Å². The van der Waals surface area contributed by atoms with E-state index in [1.165, 1.54) is 35.3 Å². The molecule has 0 saturated heterocycles. The lowest BCUT2D eigenvalue weighted by atomic mass is 10.1. The lowest BCUT2D eigenvalue weighted by Gasteiger charge is -2.26. The number of hydrogen-bond donors (Lipinski definition) is 0. The number of sulfonamides is 1. The van der Waals surface area contributed by atoms with Crippen molar-refractivity contribution in [3.63, 3.8) is 0 Å². The molecular formula is C15H19ClN2O2S. The molecule has 6 heteroatoms. The zero-order chi connectivity index (χ0) is 15.5. The second-order valence-corrected chi connectivity index (χ2v) is 7.80. The minimum atomic E-state index is -3.62. The number of rotatable bonds is 3. The van der Waals surface area contributed by atoms with Crippen LogP contribution in [0.25, 0.3) is 0 Å². The Bertz CT molecular complexity index is 644. The van der Waals surface area contributed by atoms with E-state index in [2.05, 4.69) is 0 Å². The van der Waals surface area contributed by atoms with Gasteiger partial charge in [0.05, 0.1) is 16.7 Å². The molecular weight excluding hydrogens is 308 g/mol. The van der Waals surface area contributed by atoms with Crippen LogP contribution < -0.4 is 0 Å². The maximum Gasteiger partial charge on any atom is 0.244 e. The number of hydrogen-bond acceptors (Lipinski definition) is 3. The van der Waals surface area contributed by atoms with E-state index >= 15 is 0 Å². The molecule has 0 bridgehead atoms. The monoisotopic (exact) mass is 326 g/mol. The molecule has 1 aliphatic carbocycles. The Hall–Kier alpha value is -1.09. The van der Waals surface area contributed by atoms with Crippen molar-refractivity contribution in [2.24, 2.45) is 0 Å². The van der Waals surface area contributed by atoms with Gasteiger partial charge < -0.3 is 0 Å². The molecule has 0 aliphatic heterocycles. The minimum Gasteiger partial charge on any atom is -0.207 e. The van der Waals surface area contributed by atoms with Gasteiger partial charge in [0.2, 0.25) is 10.0 Å². The van der Waals surface area contributed by atoms with Crippen LogP contribution in [0.1, 0.15) is 44.1 Å². The molecule has 0 aromatic heterocycles. The first-order chi connectivity index (χ1) is 9.96. The number of benzene rings is 1. The van der Waals surface area contributed by atoms with E-state index < -0.39 is 10.0 Å². The molecule has 1 aliphatic rings. The average molecular weight is 327 g/mol. The van der Waals surface area contributed by atoms with Crippen molar-refractivity contribution >= 4 is 21.6 Å². The average Bonchev–Trinajstić information content (AvgIpc) is 2.74. The molecule has 0 heterocycles. The van der Waals surface area contributed by atoms with E-state index in [9.17, 15) is 8.42 Å². The molecule has 1 aromatic rings. The van der Waals surface area contributed by atoms with Crippen LogP contribution >= 0.6 is 11.6 Å². The van der Waals surface area contributed by atoms with Crippen molar-refractivity contribution in [2.45, 2.75) is 49.5 Å². The third-order valence-corrected chi connectivity index (χ3v) is 6.45. The van der Waals surface area contributed by atoms with Crippen LogP contribution in [0.15, 0.2) is 23.1 Å². The van der Waals surface area contributed by atoms with Gasteiger partial charge in [-0.15, -0.1) is 0 Å². The fourth-order valence-electron chi connectivity index (χ4n) is 2.75. The Morgan fingerprint density at radius 1 is 1.24 bits per heavy atom. The molecule has 114 valence electrons. The third kappa shape index (κ3) is 3.57. The van der Waals surface area contributed by atoms with Crippen LogP contribution in [-0.2, 0) is 10.0 Å². The molecule has 0 radical (unpaired) electrons. The van der Waals surface area contributed by atoms with Crippen molar-refractivity contribution in [1.82, 2.24) is 4.31 Å². The summed E-state index contributed by atoms with van der Waals surface area (Å²) in [5, 5.41) is 8.94. The van der Waals surface area contributed by atoms with E-state index in [0.29, 0.717) is 5.56 Å². The zero-order valence-corrected chi connectivity index (χ0v) is 13.6. The van der Waals surface area contributed by atoms with Crippen LogP contribution in [0.3, 0.4) is 0 Å². The molecule has 0 unspecified atom stereocenters. The molecule has 0 N–H and O–H groups in total. The SMILES string of the molecule is CN(C1CCCCCC1)S(=O)(=O)c1ccc(C#N)cc1Cl. The van der Waals surface area contributed by atoms with Gasteiger partial charge in [0.25, 0.3) is 0 Å². The molecule has 21 heavy (non-hydrogen) atoms. The molecule has 1 aromatic carbocycles. The smallest absolute Gasteiger partial charge is 0.207 e. The highest BCUT2D eigenvalue weighted by atomic mass is 35.5. The Morgan fingerprint density at radius 3 is 2.38 bits per heavy atom. The maximum atomic E-state index is 12.7. The first-order valence-corrected chi connectivity index (χ1v) is 8.96. The normalized spacial score (nSPS) is 17.4. The number of nitriles is 1. The summed E-state index contributed by atoms with van der Waals surface area (Å²) in [4.78, 5) is 0.0786. The summed E-state index contributed by atoms with van der Waals surface area (Å²) in [6, 6.07) is 6.29. The van der Waals surface area contributed by atoms with Crippen molar-refractivity contribution < 1.29 is 8.42 Å². The van der Waals surface area contributed by atoms with Gasteiger partial charge in [-0.3, -0.25) is 0 Å².